The molecule has 0 radical (unpaired) electrons. The third-order valence-electron chi connectivity index (χ3n) is 2.94. The molecule has 2 rings (SSSR count). The van der Waals surface area contributed by atoms with Crippen molar-refractivity contribution in [2.45, 2.75) is 0 Å². The summed E-state index contributed by atoms with van der Waals surface area (Å²) in [6, 6.07) is 4.67. The fourth-order valence-electron chi connectivity index (χ4n) is 1.77. The van der Waals surface area contributed by atoms with Crippen LogP contribution >= 0.6 is 11.6 Å². The van der Waals surface area contributed by atoms with E-state index in [4.69, 9.17) is 11.6 Å². The maximum Gasteiger partial charge on any atom is 0.337 e. The number of anilines is 2. The molecular formula is C16H15ClN4O3. The molecule has 0 bridgehead atoms. The van der Waals surface area contributed by atoms with Crippen LogP contribution in [-0.2, 0) is 4.74 Å². The van der Waals surface area contributed by atoms with Gasteiger partial charge in [-0.05, 0) is 18.2 Å². The topological polar surface area (TPSA) is 93.2 Å². The van der Waals surface area contributed by atoms with E-state index in [0.29, 0.717) is 28.6 Å². The van der Waals surface area contributed by atoms with Crippen molar-refractivity contribution in [2.75, 3.05) is 19.0 Å². The molecule has 0 aliphatic rings. The molecule has 0 unspecified atom stereocenters. The van der Waals surface area contributed by atoms with Gasteiger partial charge in [0.25, 0.3) is 5.91 Å². The number of ether oxygens (including phenoxy) is 1. The van der Waals surface area contributed by atoms with Crippen LogP contribution in [0.3, 0.4) is 0 Å². The van der Waals surface area contributed by atoms with Gasteiger partial charge in [0.1, 0.15) is 11.5 Å². The van der Waals surface area contributed by atoms with Gasteiger partial charge >= 0.3 is 5.97 Å². The number of halogens is 1. The summed E-state index contributed by atoms with van der Waals surface area (Å²) in [5.41, 5.74) is 0.993. The molecule has 0 spiro atoms. The second-order valence-electron chi connectivity index (χ2n) is 4.60. The van der Waals surface area contributed by atoms with Gasteiger partial charge in [0.15, 0.2) is 0 Å². The number of hydrogen-bond donors (Lipinski definition) is 2. The van der Waals surface area contributed by atoms with Crippen LogP contribution in [-0.4, -0.2) is 35.5 Å². The summed E-state index contributed by atoms with van der Waals surface area (Å²) in [4.78, 5) is 31.4. The summed E-state index contributed by atoms with van der Waals surface area (Å²) in [6.45, 7) is 3.86. The minimum absolute atomic E-state index is 0.178. The largest absolute Gasteiger partial charge is 0.465 e. The van der Waals surface area contributed by atoms with Gasteiger partial charge in [-0.1, -0.05) is 17.7 Å². The molecule has 24 heavy (non-hydrogen) atoms. The summed E-state index contributed by atoms with van der Waals surface area (Å²) >= 11 is 6.10. The number of nitrogens with zero attached hydrogens (tertiary/aromatic N) is 2. The van der Waals surface area contributed by atoms with Crippen LogP contribution in [0.25, 0.3) is 0 Å². The van der Waals surface area contributed by atoms with Crippen molar-refractivity contribution in [1.29, 1.82) is 0 Å². The van der Waals surface area contributed by atoms with Gasteiger partial charge in [-0.15, -0.1) is 6.58 Å². The zero-order valence-electron chi connectivity index (χ0n) is 12.9. The molecule has 0 atom stereocenters. The zero-order valence-corrected chi connectivity index (χ0v) is 13.6. The van der Waals surface area contributed by atoms with E-state index in [1.807, 2.05) is 0 Å². The van der Waals surface area contributed by atoms with Crippen LogP contribution in [0, 0.1) is 0 Å². The molecule has 124 valence electrons. The number of carbonyl (C=O) groups is 2. The molecule has 1 amide bonds. The van der Waals surface area contributed by atoms with Gasteiger partial charge in [-0.3, -0.25) is 4.79 Å². The van der Waals surface area contributed by atoms with Crippen molar-refractivity contribution in [2.24, 2.45) is 0 Å². The first-order valence-electron chi connectivity index (χ1n) is 6.91. The number of hydrogen-bond acceptors (Lipinski definition) is 6. The fraction of sp³-hybridized carbons (Fsp3) is 0.125. The van der Waals surface area contributed by atoms with E-state index in [2.05, 4.69) is 31.9 Å². The van der Waals surface area contributed by atoms with Gasteiger partial charge in [0.2, 0.25) is 0 Å². The highest BCUT2D eigenvalue weighted by Crippen LogP contribution is 2.26. The Bertz CT molecular complexity index is 762. The van der Waals surface area contributed by atoms with Gasteiger partial charge in [-0.25, -0.2) is 14.8 Å². The van der Waals surface area contributed by atoms with E-state index in [9.17, 15) is 9.59 Å². The maximum absolute atomic E-state index is 11.7. The molecule has 1 heterocycles. The number of benzene rings is 1. The molecule has 1 aromatic heterocycles. The third kappa shape index (κ3) is 4.30. The first-order valence-corrected chi connectivity index (χ1v) is 7.29. The molecule has 0 fully saturated rings. The molecule has 0 aliphatic heterocycles. The number of rotatable bonds is 6. The van der Waals surface area contributed by atoms with Crippen molar-refractivity contribution < 1.29 is 14.3 Å². The average molecular weight is 347 g/mol. The van der Waals surface area contributed by atoms with Crippen molar-refractivity contribution in [3.05, 3.63) is 59.5 Å². The third-order valence-corrected chi connectivity index (χ3v) is 3.27. The highest BCUT2D eigenvalue weighted by Gasteiger charge is 2.11. The lowest BCUT2D eigenvalue weighted by Crippen LogP contribution is -2.24. The molecule has 2 aromatic rings. The van der Waals surface area contributed by atoms with Crippen LogP contribution < -0.4 is 10.6 Å². The first kappa shape index (κ1) is 17.4. The van der Waals surface area contributed by atoms with Gasteiger partial charge in [0.05, 0.1) is 35.8 Å². The molecule has 2 N–H and O–H groups in total. The predicted molar refractivity (Wildman–Crippen MR) is 90.6 cm³/mol. The Morgan fingerprint density at radius 3 is 2.75 bits per heavy atom. The average Bonchev–Trinajstić information content (AvgIpc) is 2.61. The lowest BCUT2D eigenvalue weighted by Gasteiger charge is -2.09. The van der Waals surface area contributed by atoms with Crippen molar-refractivity contribution in [3.8, 4) is 0 Å². The minimum Gasteiger partial charge on any atom is -0.465 e. The van der Waals surface area contributed by atoms with Crippen LogP contribution in [0.15, 0.2) is 43.2 Å². The lowest BCUT2D eigenvalue weighted by molar-refractivity contribution is 0.0600. The Balaban J connectivity index is 2.15. The Kier molecular flexibility index (Phi) is 5.86. The highest BCUT2D eigenvalue weighted by molar-refractivity contribution is 6.33. The summed E-state index contributed by atoms with van der Waals surface area (Å²) in [5.74, 6) is -0.450. The van der Waals surface area contributed by atoms with Crippen LogP contribution in [0.1, 0.15) is 20.8 Å². The van der Waals surface area contributed by atoms with Crippen LogP contribution in [0.5, 0.6) is 0 Å². The monoisotopic (exact) mass is 346 g/mol. The number of esters is 1. The van der Waals surface area contributed by atoms with Gasteiger partial charge in [-0.2, -0.15) is 0 Å². The number of carbonyl (C=O) groups excluding carboxylic acids is 2. The quantitative estimate of drug-likeness (QED) is 0.617. The molecule has 0 saturated carbocycles. The molecule has 1 aromatic carbocycles. The molecule has 7 nitrogen and oxygen atoms in total. The van der Waals surface area contributed by atoms with Crippen LogP contribution in [0.4, 0.5) is 11.5 Å². The van der Waals surface area contributed by atoms with E-state index in [1.54, 1.807) is 24.3 Å². The van der Waals surface area contributed by atoms with E-state index >= 15 is 0 Å². The zero-order chi connectivity index (χ0) is 17.5. The summed E-state index contributed by atoms with van der Waals surface area (Å²) in [7, 11) is 1.30. The fourth-order valence-corrected chi connectivity index (χ4v) is 1.93. The Morgan fingerprint density at radius 1 is 1.33 bits per heavy atom. The first-order chi connectivity index (χ1) is 11.5. The molecular weight excluding hydrogens is 332 g/mol. The van der Waals surface area contributed by atoms with E-state index < -0.39 is 5.97 Å². The number of aromatic nitrogens is 2. The Morgan fingerprint density at radius 2 is 2.12 bits per heavy atom. The second kappa shape index (κ2) is 8.07. The molecule has 8 heteroatoms. The Hall–Kier alpha value is -2.93. The highest BCUT2D eigenvalue weighted by atomic mass is 35.5. The number of amides is 1. The summed E-state index contributed by atoms with van der Waals surface area (Å²) in [6.07, 6.45) is 4.29. The SMILES string of the molecule is C=CCNC(=O)c1cnc(Nc2cc(C(=O)OC)ccc2Cl)cn1. The summed E-state index contributed by atoms with van der Waals surface area (Å²) < 4.78 is 4.67. The number of nitrogens with one attached hydrogen (secondary N) is 2. The number of methoxy groups -OCH3 is 1. The normalized spacial score (nSPS) is 9.92. The smallest absolute Gasteiger partial charge is 0.337 e. The van der Waals surface area contributed by atoms with Gasteiger partial charge in [0, 0.05) is 6.54 Å². The minimum atomic E-state index is -0.477. The molecule has 0 saturated heterocycles. The van der Waals surface area contributed by atoms with Crippen LogP contribution in [0.2, 0.25) is 5.02 Å². The lowest BCUT2D eigenvalue weighted by atomic mass is 10.2. The van der Waals surface area contributed by atoms with Gasteiger partial charge < -0.3 is 15.4 Å². The summed E-state index contributed by atoms with van der Waals surface area (Å²) in [5, 5.41) is 5.94. The standard InChI is InChI=1S/C16H15ClN4O3/c1-3-6-18-15(22)13-8-20-14(9-19-13)21-12-7-10(16(23)24-2)4-5-11(12)17/h3-5,7-9H,1,6H2,2H3,(H,18,22)(H,20,21). The maximum atomic E-state index is 11.7. The van der Waals surface area contributed by atoms with E-state index in [0.717, 1.165) is 0 Å². The predicted octanol–water partition coefficient (Wildman–Crippen LogP) is 2.58. The Labute approximate surface area is 143 Å². The van der Waals surface area contributed by atoms with E-state index in [-0.39, 0.29) is 11.6 Å². The van der Waals surface area contributed by atoms with Crippen molar-refractivity contribution >= 4 is 35.0 Å². The molecule has 0 aliphatic carbocycles. The second-order valence-corrected chi connectivity index (χ2v) is 5.00. The van der Waals surface area contributed by atoms with Crippen molar-refractivity contribution in [3.63, 3.8) is 0 Å². The van der Waals surface area contributed by atoms with Crippen molar-refractivity contribution in [1.82, 2.24) is 15.3 Å². The van der Waals surface area contributed by atoms with E-state index in [1.165, 1.54) is 19.5 Å².